The summed E-state index contributed by atoms with van der Waals surface area (Å²) in [5.74, 6) is 0. The summed E-state index contributed by atoms with van der Waals surface area (Å²) >= 11 is 0. The lowest BCUT2D eigenvalue weighted by atomic mass is 9.66. The lowest BCUT2D eigenvalue weighted by Gasteiger charge is -2.35. The van der Waals surface area contributed by atoms with Gasteiger partial charge in [0.05, 0.1) is 5.41 Å². The van der Waals surface area contributed by atoms with E-state index in [9.17, 15) is 0 Å². The van der Waals surface area contributed by atoms with Crippen LogP contribution in [0.25, 0.3) is 76.8 Å². The van der Waals surface area contributed by atoms with Crippen molar-refractivity contribution in [1.82, 2.24) is 0 Å². The minimum absolute atomic E-state index is 0.236. The molecule has 0 atom stereocenters. The van der Waals surface area contributed by atoms with Gasteiger partial charge in [-0.2, -0.15) is 0 Å². The van der Waals surface area contributed by atoms with Crippen LogP contribution < -0.4 is 4.90 Å². The van der Waals surface area contributed by atoms with E-state index in [-0.39, 0.29) is 5.41 Å². The molecule has 0 bridgehead atoms. The van der Waals surface area contributed by atoms with Gasteiger partial charge < -0.3 is 4.90 Å². The predicted octanol–water partition coefficient (Wildman–Crippen LogP) is 19.2. The highest BCUT2D eigenvalue weighted by atomic mass is 15.1. The number of hydrogen-bond donors (Lipinski definition) is 0. The maximum Gasteiger partial charge on any atom is 0.0719 e. The van der Waals surface area contributed by atoms with Crippen LogP contribution in [0.2, 0.25) is 0 Å². The Balaban J connectivity index is 0.948. The molecule has 0 radical (unpaired) electrons. The van der Waals surface area contributed by atoms with Crippen molar-refractivity contribution in [3.8, 4) is 44.5 Å². The lowest BCUT2D eigenvalue weighted by Crippen LogP contribution is -2.29. The van der Waals surface area contributed by atoms with Crippen LogP contribution in [-0.4, -0.2) is 0 Å². The maximum atomic E-state index is 2.51. The van der Waals surface area contributed by atoms with Crippen LogP contribution in [0.4, 0.5) is 17.1 Å². The van der Waals surface area contributed by atoms with E-state index in [0.29, 0.717) is 0 Å². The Labute approximate surface area is 428 Å². The van der Waals surface area contributed by atoms with E-state index in [4.69, 9.17) is 0 Å². The Morgan fingerprint density at radius 3 is 1.36 bits per heavy atom. The Morgan fingerprint density at radius 2 is 0.740 bits per heavy atom. The van der Waals surface area contributed by atoms with Gasteiger partial charge in [0.15, 0.2) is 0 Å². The van der Waals surface area contributed by atoms with Crippen molar-refractivity contribution in [2.24, 2.45) is 0 Å². The topological polar surface area (TPSA) is 3.24 Å². The summed E-state index contributed by atoms with van der Waals surface area (Å²) in [6.07, 6.45) is 0. The Bertz CT molecular complexity index is 4110. The van der Waals surface area contributed by atoms with Crippen molar-refractivity contribution in [1.29, 1.82) is 0 Å². The molecule has 0 fully saturated rings. The van der Waals surface area contributed by atoms with Gasteiger partial charge in [0.25, 0.3) is 0 Å². The average Bonchev–Trinajstić information content (AvgIpc) is 3.87. The third-order valence-corrected chi connectivity index (χ3v) is 16.4. The van der Waals surface area contributed by atoms with E-state index in [1.165, 1.54) is 127 Å². The second-order valence-electron chi connectivity index (χ2n) is 20.9. The van der Waals surface area contributed by atoms with Crippen LogP contribution >= 0.6 is 0 Å². The zero-order chi connectivity index (χ0) is 49.0. The minimum atomic E-state index is -0.531. The third kappa shape index (κ3) is 6.41. The molecule has 0 saturated carbocycles. The SMILES string of the molecule is Cc1cccc(N(c2cccc(C)c2)c2ccc3c(c2)C(C)(C)c2cc(-c4cc5c6ccccc6c(-c6cccc7c6C(c6ccccc6)(c6ccccc6)c6ccccc6-7)cc5c5ccccc45)ccc2-3)c1. The monoisotopic (exact) mass is 931 g/mol. The summed E-state index contributed by atoms with van der Waals surface area (Å²) in [5, 5.41) is 7.55. The quantitative estimate of drug-likeness (QED) is 0.144. The predicted molar refractivity (Wildman–Crippen MR) is 309 cm³/mol. The number of nitrogens with zero attached hydrogens (tertiary/aromatic N) is 1. The number of fused-ring (bicyclic) bond motifs is 11. The molecular weight excluding hydrogens is 879 g/mol. The summed E-state index contributed by atoms with van der Waals surface area (Å²) in [6.45, 7) is 9.16. The molecule has 0 aromatic heterocycles. The standard InChI is InChI=1S/C72H53N/c1-46-20-17-26-51(40-46)73(52-27-18-21-47(2)41-52)53-37-39-60-59-38-36-48(42-68(59)71(3,4)69(60)43-53)63-44-65-57-31-14-13-30-56(57)64(45-66(65)55-29-12-11-28-54(55)63)62-34-19-33-61-58-32-15-16-35-67(58)72(70(61)62,49-22-7-5-8-23-49)50-24-9-6-10-25-50/h5-45H,1-4H3. The molecule has 0 spiro atoms. The molecule has 14 rings (SSSR count). The fourth-order valence-electron chi connectivity index (χ4n) is 13.2. The molecule has 346 valence electrons. The summed E-state index contributed by atoms with van der Waals surface area (Å²) in [5.41, 5.74) is 23.3. The van der Waals surface area contributed by atoms with Gasteiger partial charge >= 0.3 is 0 Å². The highest BCUT2D eigenvalue weighted by molar-refractivity contribution is 6.24. The summed E-state index contributed by atoms with van der Waals surface area (Å²) in [4.78, 5) is 2.41. The van der Waals surface area contributed by atoms with Gasteiger partial charge in [-0.25, -0.2) is 0 Å². The molecule has 12 aromatic carbocycles. The first-order valence-electron chi connectivity index (χ1n) is 25.7. The van der Waals surface area contributed by atoms with E-state index in [1.807, 2.05) is 0 Å². The zero-order valence-electron chi connectivity index (χ0n) is 41.6. The molecule has 1 nitrogen and oxygen atoms in total. The number of hydrogen-bond acceptors (Lipinski definition) is 1. The molecule has 0 aliphatic heterocycles. The van der Waals surface area contributed by atoms with E-state index >= 15 is 0 Å². The van der Waals surface area contributed by atoms with Crippen LogP contribution in [0.3, 0.4) is 0 Å². The van der Waals surface area contributed by atoms with Gasteiger partial charge in [0, 0.05) is 22.5 Å². The molecule has 0 unspecified atom stereocenters. The zero-order valence-corrected chi connectivity index (χ0v) is 41.6. The molecule has 2 aliphatic rings. The number of anilines is 3. The van der Waals surface area contributed by atoms with Crippen molar-refractivity contribution < 1.29 is 0 Å². The molecule has 0 N–H and O–H groups in total. The van der Waals surface area contributed by atoms with Crippen LogP contribution in [0.1, 0.15) is 58.4 Å². The van der Waals surface area contributed by atoms with Crippen molar-refractivity contribution in [3.63, 3.8) is 0 Å². The maximum absolute atomic E-state index is 2.51. The van der Waals surface area contributed by atoms with Crippen molar-refractivity contribution in [2.75, 3.05) is 4.90 Å². The Morgan fingerprint density at radius 1 is 0.288 bits per heavy atom. The van der Waals surface area contributed by atoms with Gasteiger partial charge in [-0.1, -0.05) is 208 Å². The highest BCUT2D eigenvalue weighted by Gasteiger charge is 2.47. The van der Waals surface area contributed by atoms with Gasteiger partial charge in [0.2, 0.25) is 0 Å². The van der Waals surface area contributed by atoms with E-state index in [2.05, 4.69) is 281 Å². The second kappa shape index (κ2) is 16.4. The molecule has 0 saturated heterocycles. The molecule has 0 heterocycles. The summed E-state index contributed by atoms with van der Waals surface area (Å²) in [7, 11) is 0. The first kappa shape index (κ1) is 43.0. The molecule has 0 amide bonds. The van der Waals surface area contributed by atoms with Crippen LogP contribution in [-0.2, 0) is 10.8 Å². The molecular formula is C72H53N. The van der Waals surface area contributed by atoms with E-state index in [1.54, 1.807) is 0 Å². The van der Waals surface area contributed by atoms with Gasteiger partial charge in [-0.3, -0.25) is 0 Å². The summed E-state index contributed by atoms with van der Waals surface area (Å²) < 4.78 is 0. The Hall–Kier alpha value is -8.78. The first-order valence-corrected chi connectivity index (χ1v) is 25.7. The third-order valence-electron chi connectivity index (χ3n) is 16.4. The summed E-state index contributed by atoms with van der Waals surface area (Å²) in [6, 6.07) is 93.7. The number of aryl methyl sites for hydroxylation is 2. The molecule has 73 heavy (non-hydrogen) atoms. The molecule has 2 aliphatic carbocycles. The molecule has 12 aromatic rings. The highest BCUT2D eigenvalue weighted by Crippen LogP contribution is 2.60. The van der Waals surface area contributed by atoms with E-state index < -0.39 is 5.41 Å². The smallest absolute Gasteiger partial charge is 0.0719 e. The molecule has 1 heteroatoms. The van der Waals surface area contributed by atoms with Gasteiger partial charge in [0.1, 0.15) is 0 Å². The normalized spacial score (nSPS) is 13.7. The van der Waals surface area contributed by atoms with Crippen LogP contribution in [0.15, 0.2) is 249 Å². The Kier molecular flexibility index (Phi) is 9.66. The van der Waals surface area contributed by atoms with E-state index in [0.717, 1.165) is 11.4 Å². The van der Waals surface area contributed by atoms with Crippen LogP contribution in [0, 0.1) is 13.8 Å². The van der Waals surface area contributed by atoms with Crippen molar-refractivity contribution in [3.05, 3.63) is 293 Å². The number of rotatable bonds is 7. The van der Waals surface area contributed by atoms with Gasteiger partial charge in [-0.15, -0.1) is 0 Å². The van der Waals surface area contributed by atoms with Gasteiger partial charge in [-0.05, 0) is 190 Å². The van der Waals surface area contributed by atoms with Crippen molar-refractivity contribution in [2.45, 2.75) is 38.5 Å². The van der Waals surface area contributed by atoms with Crippen LogP contribution in [0.5, 0.6) is 0 Å². The van der Waals surface area contributed by atoms with Crippen molar-refractivity contribution >= 4 is 49.4 Å². The second-order valence-corrected chi connectivity index (χ2v) is 20.9. The fraction of sp³-hybridized carbons (Fsp3) is 0.0833. The largest absolute Gasteiger partial charge is 0.310 e. The minimum Gasteiger partial charge on any atom is -0.310 e. The average molecular weight is 932 g/mol. The lowest BCUT2D eigenvalue weighted by molar-refractivity contribution is 0.660. The number of benzene rings is 12. The fourth-order valence-corrected chi connectivity index (χ4v) is 13.2. The first-order chi connectivity index (χ1) is 35.8.